The lowest BCUT2D eigenvalue weighted by Crippen LogP contribution is -2.49. The quantitative estimate of drug-likeness (QED) is 0.834. The standard InChI is InChI=1S/C16H27N5O3S/c1-16(2,3)13-9-14(17-12-10-24-11-12)19-15(18-13)20-5-7-21(8-6-20)25(4,22)23/h9,12H,5-8,10-11H2,1-4H3,(H,17,18,19). The van der Waals surface area contributed by atoms with E-state index in [-0.39, 0.29) is 11.5 Å². The number of hydrogen-bond acceptors (Lipinski definition) is 7. The van der Waals surface area contributed by atoms with Crippen LogP contribution in [-0.4, -0.2) is 74.4 Å². The number of aromatic nitrogens is 2. The summed E-state index contributed by atoms with van der Waals surface area (Å²) in [4.78, 5) is 11.5. The van der Waals surface area contributed by atoms with E-state index in [2.05, 4.69) is 36.0 Å². The van der Waals surface area contributed by atoms with Gasteiger partial charge >= 0.3 is 0 Å². The third kappa shape index (κ3) is 4.39. The fraction of sp³-hybridized carbons (Fsp3) is 0.750. The molecule has 9 heteroatoms. The second kappa shape index (κ2) is 6.69. The van der Waals surface area contributed by atoms with Crippen LogP contribution in [0, 0.1) is 0 Å². The van der Waals surface area contributed by atoms with Gasteiger partial charge in [-0.05, 0) is 0 Å². The molecule has 0 aliphatic carbocycles. The number of sulfonamides is 1. The molecular weight excluding hydrogens is 342 g/mol. The molecule has 0 spiro atoms. The van der Waals surface area contributed by atoms with Crippen molar-refractivity contribution >= 4 is 21.8 Å². The van der Waals surface area contributed by atoms with Crippen molar-refractivity contribution in [2.75, 3.05) is 55.9 Å². The van der Waals surface area contributed by atoms with Crippen LogP contribution in [0.3, 0.4) is 0 Å². The summed E-state index contributed by atoms with van der Waals surface area (Å²) in [6.07, 6.45) is 1.25. The first-order valence-corrected chi connectivity index (χ1v) is 10.4. The topological polar surface area (TPSA) is 87.7 Å². The zero-order chi connectivity index (χ0) is 18.2. The normalized spacial score (nSPS) is 20.4. The molecule has 0 saturated carbocycles. The first kappa shape index (κ1) is 18.3. The van der Waals surface area contributed by atoms with E-state index in [0.29, 0.717) is 45.3 Å². The second-order valence-corrected chi connectivity index (χ2v) is 9.70. The van der Waals surface area contributed by atoms with E-state index in [0.717, 1.165) is 11.5 Å². The first-order valence-electron chi connectivity index (χ1n) is 8.57. The van der Waals surface area contributed by atoms with Gasteiger partial charge in [-0.2, -0.15) is 9.29 Å². The molecule has 3 heterocycles. The smallest absolute Gasteiger partial charge is 0.227 e. The molecule has 1 N–H and O–H groups in total. The van der Waals surface area contributed by atoms with E-state index in [1.807, 2.05) is 6.07 Å². The minimum atomic E-state index is -3.14. The Labute approximate surface area is 149 Å². The number of rotatable bonds is 4. The Morgan fingerprint density at radius 2 is 1.80 bits per heavy atom. The van der Waals surface area contributed by atoms with Gasteiger partial charge in [0.2, 0.25) is 16.0 Å². The average Bonchev–Trinajstić information content (AvgIpc) is 2.49. The van der Waals surface area contributed by atoms with E-state index in [1.54, 1.807) is 0 Å². The van der Waals surface area contributed by atoms with Crippen LogP contribution in [0.15, 0.2) is 6.07 Å². The van der Waals surface area contributed by atoms with Crippen LogP contribution in [-0.2, 0) is 20.2 Å². The van der Waals surface area contributed by atoms with Crippen LogP contribution < -0.4 is 10.2 Å². The Kier molecular flexibility index (Phi) is 4.91. The predicted molar refractivity (Wildman–Crippen MR) is 97.6 cm³/mol. The minimum absolute atomic E-state index is 0.0984. The third-order valence-electron chi connectivity index (χ3n) is 4.46. The van der Waals surface area contributed by atoms with Crippen molar-refractivity contribution in [1.82, 2.24) is 14.3 Å². The lowest BCUT2D eigenvalue weighted by atomic mass is 9.92. The zero-order valence-corrected chi connectivity index (χ0v) is 16.1. The summed E-state index contributed by atoms with van der Waals surface area (Å²) >= 11 is 0. The molecule has 1 aromatic heterocycles. The van der Waals surface area contributed by atoms with Crippen LogP contribution in [0.4, 0.5) is 11.8 Å². The van der Waals surface area contributed by atoms with Gasteiger partial charge in [0.25, 0.3) is 0 Å². The van der Waals surface area contributed by atoms with Gasteiger partial charge < -0.3 is 15.0 Å². The van der Waals surface area contributed by atoms with Crippen LogP contribution in [0.1, 0.15) is 26.5 Å². The predicted octanol–water partition coefficient (Wildman–Crippen LogP) is 0.666. The molecule has 0 bridgehead atoms. The van der Waals surface area contributed by atoms with E-state index in [4.69, 9.17) is 9.72 Å². The van der Waals surface area contributed by atoms with E-state index in [9.17, 15) is 8.42 Å². The van der Waals surface area contributed by atoms with Gasteiger partial charge in [0.05, 0.1) is 31.2 Å². The maximum Gasteiger partial charge on any atom is 0.227 e. The van der Waals surface area contributed by atoms with Gasteiger partial charge in [-0.3, -0.25) is 0 Å². The van der Waals surface area contributed by atoms with Crippen molar-refractivity contribution in [3.63, 3.8) is 0 Å². The summed E-state index contributed by atoms with van der Waals surface area (Å²) in [5.41, 5.74) is 0.865. The summed E-state index contributed by atoms with van der Waals surface area (Å²) in [6, 6.07) is 2.28. The highest BCUT2D eigenvalue weighted by atomic mass is 32.2. The number of piperazine rings is 1. The zero-order valence-electron chi connectivity index (χ0n) is 15.3. The van der Waals surface area contributed by atoms with Gasteiger partial charge in [-0.1, -0.05) is 20.8 Å². The lowest BCUT2D eigenvalue weighted by molar-refractivity contribution is 0.0209. The van der Waals surface area contributed by atoms with Crippen LogP contribution in [0.25, 0.3) is 0 Å². The highest BCUT2D eigenvalue weighted by Gasteiger charge is 2.27. The highest BCUT2D eigenvalue weighted by Crippen LogP contribution is 2.26. The molecular formula is C16H27N5O3S. The molecule has 0 atom stereocenters. The molecule has 0 unspecified atom stereocenters. The molecule has 2 aliphatic rings. The van der Waals surface area contributed by atoms with Crippen molar-refractivity contribution in [2.45, 2.75) is 32.2 Å². The summed E-state index contributed by atoms with van der Waals surface area (Å²) < 4.78 is 30.1. The van der Waals surface area contributed by atoms with E-state index < -0.39 is 10.0 Å². The van der Waals surface area contributed by atoms with Gasteiger partial charge in [0.15, 0.2) is 0 Å². The molecule has 0 amide bonds. The molecule has 2 saturated heterocycles. The van der Waals surface area contributed by atoms with Crippen LogP contribution >= 0.6 is 0 Å². The maximum absolute atomic E-state index is 11.7. The van der Waals surface area contributed by atoms with Crippen molar-refractivity contribution < 1.29 is 13.2 Å². The molecule has 2 fully saturated rings. The van der Waals surface area contributed by atoms with E-state index in [1.165, 1.54) is 10.6 Å². The number of hydrogen-bond donors (Lipinski definition) is 1. The second-order valence-electron chi connectivity index (χ2n) is 7.72. The molecule has 1 aromatic rings. The SMILES string of the molecule is CC(C)(C)c1cc(NC2COC2)nc(N2CCN(S(C)(=O)=O)CC2)n1. The summed E-state index contributed by atoms with van der Waals surface area (Å²) in [6.45, 7) is 9.85. The Balaban J connectivity index is 1.81. The van der Waals surface area contributed by atoms with Crippen LogP contribution in [0.5, 0.6) is 0 Å². The van der Waals surface area contributed by atoms with Gasteiger partial charge in [0.1, 0.15) is 5.82 Å². The first-order chi connectivity index (χ1) is 11.6. The monoisotopic (exact) mass is 369 g/mol. The van der Waals surface area contributed by atoms with Crippen molar-refractivity contribution in [1.29, 1.82) is 0 Å². The highest BCUT2D eigenvalue weighted by molar-refractivity contribution is 7.88. The van der Waals surface area contributed by atoms with Gasteiger partial charge in [-0.25, -0.2) is 13.4 Å². The number of ether oxygens (including phenoxy) is 1. The number of nitrogens with one attached hydrogen (secondary N) is 1. The average molecular weight is 369 g/mol. The summed E-state index contributed by atoms with van der Waals surface area (Å²) in [7, 11) is -3.14. The maximum atomic E-state index is 11.7. The van der Waals surface area contributed by atoms with Gasteiger partial charge in [-0.15, -0.1) is 0 Å². The minimum Gasteiger partial charge on any atom is -0.377 e. The summed E-state index contributed by atoms with van der Waals surface area (Å²) in [5.74, 6) is 1.46. The van der Waals surface area contributed by atoms with E-state index >= 15 is 0 Å². The van der Waals surface area contributed by atoms with Crippen molar-refractivity contribution in [2.24, 2.45) is 0 Å². The summed E-state index contributed by atoms with van der Waals surface area (Å²) in [5, 5.41) is 3.39. The van der Waals surface area contributed by atoms with Crippen molar-refractivity contribution in [3.8, 4) is 0 Å². The molecule has 3 rings (SSSR count). The molecule has 8 nitrogen and oxygen atoms in total. The Morgan fingerprint density at radius 1 is 1.16 bits per heavy atom. The fourth-order valence-corrected chi connectivity index (χ4v) is 3.61. The number of nitrogens with zero attached hydrogens (tertiary/aromatic N) is 4. The Hall–Kier alpha value is -1.45. The molecule has 2 aliphatic heterocycles. The number of anilines is 2. The molecule has 0 radical (unpaired) electrons. The lowest BCUT2D eigenvalue weighted by Gasteiger charge is -2.34. The van der Waals surface area contributed by atoms with Gasteiger partial charge in [0, 0.05) is 37.7 Å². The fourth-order valence-electron chi connectivity index (χ4n) is 2.78. The molecule has 140 valence electrons. The Morgan fingerprint density at radius 3 is 2.28 bits per heavy atom. The molecule has 0 aromatic carbocycles. The van der Waals surface area contributed by atoms with Crippen LogP contribution in [0.2, 0.25) is 0 Å². The Bertz CT molecular complexity index is 720. The third-order valence-corrected chi connectivity index (χ3v) is 5.77. The van der Waals surface area contributed by atoms with Crippen molar-refractivity contribution in [3.05, 3.63) is 11.8 Å². The largest absolute Gasteiger partial charge is 0.377 e. The molecule has 25 heavy (non-hydrogen) atoms.